The molecule has 0 spiro atoms. The predicted molar refractivity (Wildman–Crippen MR) is 123 cm³/mol. The van der Waals surface area contributed by atoms with Crippen LogP contribution in [0.15, 0.2) is 4.99 Å². The Kier molecular flexibility index (Phi) is 11.8. The molecule has 1 aliphatic carbocycles. The number of nitrogens with one attached hydrogen (secondary N) is 2. The van der Waals surface area contributed by atoms with E-state index in [1.165, 1.54) is 32.1 Å². The van der Waals surface area contributed by atoms with Crippen LogP contribution in [0.25, 0.3) is 0 Å². The third-order valence-electron chi connectivity index (χ3n) is 5.03. The Balaban J connectivity index is 0.00000338. The third-order valence-corrected chi connectivity index (χ3v) is 7.82. The zero-order valence-electron chi connectivity index (χ0n) is 16.1. The van der Waals surface area contributed by atoms with Crippen molar-refractivity contribution in [3.05, 3.63) is 0 Å². The summed E-state index contributed by atoms with van der Waals surface area (Å²) in [5, 5.41) is 6.77. The van der Waals surface area contributed by atoms with Crippen LogP contribution in [0.3, 0.4) is 0 Å². The number of nitrogens with zero attached hydrogens (tertiary/aromatic N) is 2. The Labute approximate surface area is 180 Å². The van der Waals surface area contributed by atoms with E-state index in [4.69, 9.17) is 0 Å². The second-order valence-corrected chi connectivity index (χ2v) is 10.2. The van der Waals surface area contributed by atoms with Gasteiger partial charge in [-0.3, -0.25) is 4.99 Å². The molecule has 1 aliphatic heterocycles. The molecule has 0 bridgehead atoms. The van der Waals surface area contributed by atoms with Gasteiger partial charge in [0.1, 0.15) is 0 Å². The molecule has 0 radical (unpaired) electrons. The van der Waals surface area contributed by atoms with Crippen molar-refractivity contribution in [2.24, 2.45) is 10.9 Å². The van der Waals surface area contributed by atoms with Gasteiger partial charge in [-0.2, -0.15) is 11.8 Å². The van der Waals surface area contributed by atoms with Crippen LogP contribution < -0.4 is 10.6 Å². The molecule has 2 aliphatic rings. The van der Waals surface area contributed by atoms with Crippen molar-refractivity contribution in [1.82, 2.24) is 14.9 Å². The Morgan fingerprint density at radius 2 is 1.96 bits per heavy atom. The van der Waals surface area contributed by atoms with E-state index in [9.17, 15) is 8.42 Å². The zero-order valence-corrected chi connectivity index (χ0v) is 20.0. The van der Waals surface area contributed by atoms with Crippen LogP contribution in [0.2, 0.25) is 0 Å². The van der Waals surface area contributed by atoms with E-state index < -0.39 is 10.0 Å². The Hall–Kier alpha value is 0.260. The average Bonchev–Trinajstić information content (AvgIpc) is 2.62. The number of halogens is 1. The van der Waals surface area contributed by atoms with Gasteiger partial charge < -0.3 is 10.6 Å². The molecule has 9 heteroatoms. The number of sulfonamides is 1. The fourth-order valence-corrected chi connectivity index (χ4v) is 5.99. The molecule has 2 N–H and O–H groups in total. The minimum atomic E-state index is -3.18. The monoisotopic (exact) mass is 518 g/mol. The standard InChI is InChI=1S/C17H34N4O2S2.HI/c1-3-15-6-5-7-16(14-15)20-17(18-4-2)19-8-13-25(22,23)21-9-11-24-12-10-21;/h15-16H,3-14H2,1-2H3,(H2,18,19,20);1H. The van der Waals surface area contributed by atoms with E-state index in [0.717, 1.165) is 29.9 Å². The lowest BCUT2D eigenvalue weighted by Crippen LogP contribution is -2.45. The molecule has 1 saturated heterocycles. The van der Waals surface area contributed by atoms with Crippen molar-refractivity contribution in [2.45, 2.75) is 52.0 Å². The molecule has 2 rings (SSSR count). The first-order valence-corrected chi connectivity index (χ1v) is 12.4. The summed E-state index contributed by atoms with van der Waals surface area (Å²) < 4.78 is 26.4. The van der Waals surface area contributed by atoms with E-state index in [2.05, 4.69) is 22.5 Å². The molecule has 1 heterocycles. The largest absolute Gasteiger partial charge is 0.357 e. The van der Waals surface area contributed by atoms with Crippen LogP contribution in [0, 0.1) is 5.92 Å². The summed E-state index contributed by atoms with van der Waals surface area (Å²) >= 11 is 1.82. The van der Waals surface area contributed by atoms with Crippen molar-refractivity contribution in [1.29, 1.82) is 0 Å². The maximum atomic E-state index is 12.4. The molecule has 2 unspecified atom stereocenters. The highest BCUT2D eigenvalue weighted by Gasteiger charge is 2.24. The minimum absolute atomic E-state index is 0. The average molecular weight is 519 g/mol. The van der Waals surface area contributed by atoms with Gasteiger partial charge in [-0.1, -0.05) is 26.2 Å². The quantitative estimate of drug-likeness (QED) is 0.308. The van der Waals surface area contributed by atoms with E-state index in [-0.39, 0.29) is 29.7 Å². The molecular formula is C17H35IN4O2S2. The van der Waals surface area contributed by atoms with Gasteiger partial charge in [0.25, 0.3) is 0 Å². The lowest BCUT2D eigenvalue weighted by atomic mass is 9.84. The molecule has 26 heavy (non-hydrogen) atoms. The molecule has 2 atom stereocenters. The summed E-state index contributed by atoms with van der Waals surface area (Å²) in [6.07, 6.45) is 6.18. The fraction of sp³-hybridized carbons (Fsp3) is 0.941. The lowest BCUT2D eigenvalue weighted by Gasteiger charge is -2.30. The van der Waals surface area contributed by atoms with Crippen LogP contribution in [0.4, 0.5) is 0 Å². The van der Waals surface area contributed by atoms with Crippen LogP contribution in [-0.4, -0.2) is 68.2 Å². The Morgan fingerprint density at radius 1 is 1.23 bits per heavy atom. The molecule has 1 saturated carbocycles. The minimum Gasteiger partial charge on any atom is -0.357 e. The number of hydrogen-bond acceptors (Lipinski definition) is 4. The molecule has 0 aromatic rings. The highest BCUT2D eigenvalue weighted by Crippen LogP contribution is 2.26. The van der Waals surface area contributed by atoms with Crippen LogP contribution >= 0.6 is 35.7 Å². The van der Waals surface area contributed by atoms with Crippen molar-refractivity contribution in [3.63, 3.8) is 0 Å². The van der Waals surface area contributed by atoms with Crippen molar-refractivity contribution < 1.29 is 8.42 Å². The molecule has 0 aromatic heterocycles. The number of rotatable bonds is 7. The maximum Gasteiger partial charge on any atom is 0.215 e. The van der Waals surface area contributed by atoms with Crippen molar-refractivity contribution in [3.8, 4) is 0 Å². The van der Waals surface area contributed by atoms with E-state index >= 15 is 0 Å². The zero-order chi connectivity index (χ0) is 18.1. The number of aliphatic imine (C=N–C) groups is 1. The second kappa shape index (κ2) is 12.7. The van der Waals surface area contributed by atoms with Crippen LogP contribution in [-0.2, 0) is 10.0 Å². The van der Waals surface area contributed by atoms with E-state index in [0.29, 0.717) is 25.7 Å². The summed E-state index contributed by atoms with van der Waals surface area (Å²) in [6, 6.07) is 0.451. The molecule has 0 amide bonds. The topological polar surface area (TPSA) is 73.8 Å². The summed E-state index contributed by atoms with van der Waals surface area (Å²) in [6.45, 7) is 6.66. The van der Waals surface area contributed by atoms with Gasteiger partial charge in [-0.25, -0.2) is 12.7 Å². The molecule has 6 nitrogen and oxygen atoms in total. The number of guanidine groups is 1. The highest BCUT2D eigenvalue weighted by molar-refractivity contribution is 14.0. The highest BCUT2D eigenvalue weighted by atomic mass is 127. The SMILES string of the molecule is CCNC(=NCCS(=O)(=O)N1CCSCC1)NC1CCCC(CC)C1.I. The van der Waals surface area contributed by atoms with Gasteiger partial charge in [-0.15, -0.1) is 24.0 Å². The third kappa shape index (κ3) is 8.10. The van der Waals surface area contributed by atoms with Crippen molar-refractivity contribution in [2.75, 3.05) is 43.4 Å². The fourth-order valence-electron chi connectivity index (χ4n) is 3.53. The first-order chi connectivity index (χ1) is 12.0. The van der Waals surface area contributed by atoms with E-state index in [1.54, 1.807) is 4.31 Å². The second-order valence-electron chi connectivity index (χ2n) is 6.87. The predicted octanol–water partition coefficient (Wildman–Crippen LogP) is 2.51. The molecule has 0 aromatic carbocycles. The smallest absolute Gasteiger partial charge is 0.215 e. The maximum absolute atomic E-state index is 12.4. The molecule has 154 valence electrons. The van der Waals surface area contributed by atoms with Crippen LogP contribution in [0.5, 0.6) is 0 Å². The van der Waals surface area contributed by atoms with E-state index in [1.807, 2.05) is 18.7 Å². The summed E-state index contributed by atoms with van der Waals surface area (Å²) in [5.74, 6) is 3.44. The van der Waals surface area contributed by atoms with Crippen molar-refractivity contribution >= 4 is 51.7 Å². The lowest BCUT2D eigenvalue weighted by molar-refractivity contribution is 0.298. The van der Waals surface area contributed by atoms with Crippen LogP contribution in [0.1, 0.15) is 46.0 Å². The normalized spacial score (nSPS) is 25.4. The summed E-state index contributed by atoms with van der Waals surface area (Å²) in [7, 11) is -3.18. The summed E-state index contributed by atoms with van der Waals surface area (Å²) in [4.78, 5) is 4.52. The van der Waals surface area contributed by atoms with Gasteiger partial charge in [-0.05, 0) is 25.7 Å². The van der Waals surface area contributed by atoms with Gasteiger partial charge in [0.15, 0.2) is 5.96 Å². The van der Waals surface area contributed by atoms with Gasteiger partial charge in [0.2, 0.25) is 10.0 Å². The number of thioether (sulfide) groups is 1. The Bertz CT molecular complexity index is 525. The molecular weight excluding hydrogens is 483 g/mol. The first kappa shape index (κ1) is 24.3. The molecule has 2 fully saturated rings. The van der Waals surface area contributed by atoms with Gasteiger partial charge >= 0.3 is 0 Å². The van der Waals surface area contributed by atoms with Gasteiger partial charge in [0, 0.05) is 37.2 Å². The summed E-state index contributed by atoms with van der Waals surface area (Å²) in [5.41, 5.74) is 0. The number of hydrogen-bond donors (Lipinski definition) is 2. The Morgan fingerprint density at radius 3 is 2.62 bits per heavy atom. The first-order valence-electron chi connectivity index (χ1n) is 9.65. The van der Waals surface area contributed by atoms with Gasteiger partial charge in [0.05, 0.1) is 12.3 Å².